The van der Waals surface area contributed by atoms with Crippen molar-refractivity contribution in [1.82, 2.24) is 9.97 Å². The highest BCUT2D eigenvalue weighted by molar-refractivity contribution is 5.42. The average Bonchev–Trinajstić information content (AvgIpc) is 3.00. The Balaban J connectivity index is 1.62. The van der Waals surface area contributed by atoms with Crippen molar-refractivity contribution in [2.45, 2.75) is 19.1 Å². The average molecular weight is 300 g/mol. The lowest BCUT2D eigenvalue weighted by Crippen LogP contribution is -2.23. The van der Waals surface area contributed by atoms with Crippen molar-refractivity contribution in [3.8, 4) is 5.75 Å². The summed E-state index contributed by atoms with van der Waals surface area (Å²) in [6.45, 7) is 2.08. The van der Waals surface area contributed by atoms with Gasteiger partial charge >= 0.3 is 0 Å². The van der Waals surface area contributed by atoms with E-state index in [1.165, 1.54) is 0 Å². The lowest BCUT2D eigenvalue weighted by Gasteiger charge is -2.16. The summed E-state index contributed by atoms with van der Waals surface area (Å²) >= 11 is 0. The molecule has 1 aliphatic rings. The number of aliphatic hydroxyl groups excluding tert-OH is 1. The zero-order valence-electron chi connectivity index (χ0n) is 12.6. The van der Waals surface area contributed by atoms with Crippen molar-refractivity contribution < 1.29 is 9.84 Å². The molecular formula is C16H20N4O2. The van der Waals surface area contributed by atoms with Crippen LogP contribution in [0, 0.1) is 0 Å². The molecule has 1 aromatic heterocycles. The van der Waals surface area contributed by atoms with E-state index >= 15 is 0 Å². The predicted molar refractivity (Wildman–Crippen MR) is 85.2 cm³/mol. The molecule has 1 saturated heterocycles. The summed E-state index contributed by atoms with van der Waals surface area (Å²) in [7, 11) is 1.66. The molecule has 0 saturated carbocycles. The summed E-state index contributed by atoms with van der Waals surface area (Å²) in [5.41, 5.74) is 1.15. The summed E-state index contributed by atoms with van der Waals surface area (Å²) in [5, 5.41) is 12.9. The Kier molecular flexibility index (Phi) is 4.39. The number of aliphatic hydroxyl groups is 1. The predicted octanol–water partition coefficient (Wildman–Crippen LogP) is 1.67. The van der Waals surface area contributed by atoms with Crippen molar-refractivity contribution in [3.63, 3.8) is 0 Å². The Hall–Kier alpha value is -2.34. The third-order valence-electron chi connectivity index (χ3n) is 3.72. The quantitative estimate of drug-likeness (QED) is 0.875. The molecule has 3 rings (SSSR count). The van der Waals surface area contributed by atoms with Gasteiger partial charge in [-0.1, -0.05) is 12.1 Å². The SMILES string of the molecule is COc1ccc(CNc2ccnc(N3CC[C@@H](O)C3)n2)cc1. The number of benzene rings is 1. The van der Waals surface area contributed by atoms with E-state index in [1.807, 2.05) is 35.2 Å². The second-order valence-corrected chi connectivity index (χ2v) is 5.33. The van der Waals surface area contributed by atoms with Gasteiger partial charge in [0.1, 0.15) is 11.6 Å². The lowest BCUT2D eigenvalue weighted by atomic mass is 10.2. The monoisotopic (exact) mass is 300 g/mol. The third-order valence-corrected chi connectivity index (χ3v) is 3.72. The van der Waals surface area contributed by atoms with E-state index in [9.17, 15) is 5.11 Å². The van der Waals surface area contributed by atoms with Gasteiger partial charge in [0.05, 0.1) is 13.2 Å². The number of rotatable bonds is 5. The van der Waals surface area contributed by atoms with E-state index in [4.69, 9.17) is 4.74 Å². The first-order chi connectivity index (χ1) is 10.7. The van der Waals surface area contributed by atoms with Crippen LogP contribution in [-0.2, 0) is 6.54 Å². The summed E-state index contributed by atoms with van der Waals surface area (Å²) in [4.78, 5) is 10.8. The standard InChI is InChI=1S/C16H20N4O2/c1-22-14-4-2-12(3-5-14)10-18-15-6-8-17-16(19-15)20-9-7-13(21)11-20/h2-6,8,13,21H,7,9-11H2,1H3,(H,17,18,19)/t13-/m1/s1. The van der Waals surface area contributed by atoms with Crippen LogP contribution in [0.15, 0.2) is 36.5 Å². The van der Waals surface area contributed by atoms with Crippen LogP contribution in [0.4, 0.5) is 11.8 Å². The van der Waals surface area contributed by atoms with Crippen molar-refractivity contribution >= 4 is 11.8 Å². The number of β-amino-alcohol motifs (C(OH)–C–C–N with tert-alkyl or cyclic N) is 1. The van der Waals surface area contributed by atoms with Gasteiger partial charge in [-0.05, 0) is 30.2 Å². The first-order valence-corrected chi connectivity index (χ1v) is 7.37. The fourth-order valence-corrected chi connectivity index (χ4v) is 2.46. The molecule has 1 aliphatic heterocycles. The first kappa shape index (κ1) is 14.6. The minimum absolute atomic E-state index is 0.278. The number of nitrogens with zero attached hydrogens (tertiary/aromatic N) is 3. The molecule has 2 heterocycles. The van der Waals surface area contributed by atoms with Gasteiger partial charge in [0.2, 0.25) is 5.95 Å². The Morgan fingerprint density at radius 3 is 2.82 bits per heavy atom. The van der Waals surface area contributed by atoms with Crippen LogP contribution in [0.2, 0.25) is 0 Å². The summed E-state index contributed by atoms with van der Waals surface area (Å²) < 4.78 is 5.15. The number of hydrogen-bond donors (Lipinski definition) is 2. The van der Waals surface area contributed by atoms with E-state index in [0.29, 0.717) is 19.0 Å². The van der Waals surface area contributed by atoms with Gasteiger partial charge in [-0.2, -0.15) is 4.98 Å². The Bertz CT molecular complexity index is 618. The molecule has 1 atom stereocenters. The normalized spacial score (nSPS) is 17.5. The van der Waals surface area contributed by atoms with Crippen molar-refractivity contribution in [1.29, 1.82) is 0 Å². The topological polar surface area (TPSA) is 70.5 Å². The van der Waals surface area contributed by atoms with Gasteiger partial charge in [-0.25, -0.2) is 4.98 Å². The second kappa shape index (κ2) is 6.62. The zero-order valence-corrected chi connectivity index (χ0v) is 12.6. The molecule has 0 aliphatic carbocycles. The van der Waals surface area contributed by atoms with Gasteiger partial charge in [-0.3, -0.25) is 0 Å². The maximum atomic E-state index is 9.60. The van der Waals surface area contributed by atoms with Crippen molar-refractivity contribution in [2.24, 2.45) is 0 Å². The molecule has 0 unspecified atom stereocenters. The number of hydrogen-bond acceptors (Lipinski definition) is 6. The van der Waals surface area contributed by atoms with Crippen LogP contribution >= 0.6 is 0 Å². The molecule has 0 spiro atoms. The minimum Gasteiger partial charge on any atom is -0.497 e. The minimum atomic E-state index is -0.278. The molecule has 116 valence electrons. The van der Waals surface area contributed by atoms with Gasteiger partial charge in [0, 0.05) is 25.8 Å². The molecule has 1 fully saturated rings. The number of ether oxygens (including phenoxy) is 1. The van der Waals surface area contributed by atoms with E-state index in [1.54, 1.807) is 13.3 Å². The van der Waals surface area contributed by atoms with Gasteiger partial charge in [-0.15, -0.1) is 0 Å². The highest BCUT2D eigenvalue weighted by atomic mass is 16.5. The van der Waals surface area contributed by atoms with Gasteiger partial charge in [0.15, 0.2) is 0 Å². The maximum absolute atomic E-state index is 9.60. The molecular weight excluding hydrogens is 280 g/mol. The molecule has 1 aromatic carbocycles. The fraction of sp³-hybridized carbons (Fsp3) is 0.375. The zero-order chi connectivity index (χ0) is 15.4. The molecule has 0 bridgehead atoms. The van der Waals surface area contributed by atoms with E-state index in [0.717, 1.165) is 30.1 Å². The molecule has 6 heteroatoms. The largest absolute Gasteiger partial charge is 0.497 e. The van der Waals surface area contributed by atoms with E-state index in [2.05, 4.69) is 15.3 Å². The van der Waals surface area contributed by atoms with Crippen LogP contribution in [0.3, 0.4) is 0 Å². The Labute approximate surface area is 129 Å². The number of aromatic nitrogens is 2. The fourth-order valence-electron chi connectivity index (χ4n) is 2.46. The van der Waals surface area contributed by atoms with E-state index in [-0.39, 0.29) is 6.10 Å². The highest BCUT2D eigenvalue weighted by Crippen LogP contribution is 2.18. The van der Waals surface area contributed by atoms with Crippen molar-refractivity contribution in [2.75, 3.05) is 30.4 Å². The maximum Gasteiger partial charge on any atom is 0.227 e. The molecule has 0 radical (unpaired) electrons. The molecule has 2 N–H and O–H groups in total. The summed E-state index contributed by atoms with van der Waals surface area (Å²) in [5.74, 6) is 2.29. The van der Waals surface area contributed by atoms with Crippen LogP contribution in [-0.4, -0.2) is 41.4 Å². The van der Waals surface area contributed by atoms with Gasteiger partial charge in [0.25, 0.3) is 0 Å². The molecule has 0 amide bonds. The van der Waals surface area contributed by atoms with Gasteiger partial charge < -0.3 is 20.1 Å². The van der Waals surface area contributed by atoms with Crippen LogP contribution in [0.25, 0.3) is 0 Å². The van der Waals surface area contributed by atoms with Crippen molar-refractivity contribution in [3.05, 3.63) is 42.1 Å². The second-order valence-electron chi connectivity index (χ2n) is 5.33. The van der Waals surface area contributed by atoms with Crippen LogP contribution < -0.4 is 15.0 Å². The highest BCUT2D eigenvalue weighted by Gasteiger charge is 2.22. The Morgan fingerprint density at radius 2 is 2.14 bits per heavy atom. The van der Waals surface area contributed by atoms with Crippen LogP contribution in [0.1, 0.15) is 12.0 Å². The van der Waals surface area contributed by atoms with Crippen LogP contribution in [0.5, 0.6) is 5.75 Å². The first-order valence-electron chi connectivity index (χ1n) is 7.37. The Morgan fingerprint density at radius 1 is 1.32 bits per heavy atom. The summed E-state index contributed by atoms with van der Waals surface area (Å²) in [6.07, 6.45) is 2.23. The number of anilines is 2. The summed E-state index contributed by atoms with van der Waals surface area (Å²) in [6, 6.07) is 9.76. The third kappa shape index (κ3) is 3.46. The number of nitrogens with one attached hydrogen (secondary N) is 1. The number of methoxy groups -OCH3 is 1. The van der Waals surface area contributed by atoms with E-state index < -0.39 is 0 Å². The smallest absolute Gasteiger partial charge is 0.227 e. The lowest BCUT2D eigenvalue weighted by molar-refractivity contribution is 0.198. The molecule has 2 aromatic rings. The molecule has 6 nitrogen and oxygen atoms in total. The molecule has 22 heavy (non-hydrogen) atoms.